The molecule has 0 aliphatic carbocycles. The molecule has 0 heterocycles. The lowest BCUT2D eigenvalue weighted by Gasteiger charge is -2.32. The van der Waals surface area contributed by atoms with Gasteiger partial charge >= 0.3 is 0 Å². The highest BCUT2D eigenvalue weighted by Crippen LogP contribution is 2.13. The van der Waals surface area contributed by atoms with Crippen molar-refractivity contribution in [1.82, 2.24) is 36.4 Å². The Hall–Kier alpha value is -1.95. The molecule has 0 unspecified atom stereocenters. The van der Waals surface area contributed by atoms with Gasteiger partial charge in [-0.2, -0.15) is 0 Å². The van der Waals surface area contributed by atoms with Crippen LogP contribution in [0.5, 0.6) is 0 Å². The monoisotopic (exact) mass is 593 g/mol. The van der Waals surface area contributed by atoms with Gasteiger partial charge in [0, 0.05) is 39.3 Å². The lowest BCUT2D eigenvalue weighted by Crippen LogP contribution is -2.55. The number of nitrogens with zero attached hydrogens (tertiary/aromatic N) is 2. The zero-order valence-electron chi connectivity index (χ0n) is 25.6. The number of carbonyl (C=O) groups excluding carboxylic acids is 3. The van der Waals surface area contributed by atoms with E-state index in [1.54, 1.807) is 14.0 Å². The Bertz CT molecular complexity index is 715. The zero-order valence-corrected chi connectivity index (χ0v) is 25.6. The molecule has 0 aliphatic heterocycles. The molecule has 0 fully saturated rings. The largest absolute Gasteiger partial charge is 0.379 e. The minimum absolute atomic E-state index is 0.0828. The number of nitrogens with one attached hydrogen (secondary N) is 5. The molecular weight excluding hydrogens is 538 g/mol. The number of carbonyl (C=O) groups is 3. The van der Waals surface area contributed by atoms with Crippen LogP contribution in [0.25, 0.3) is 0 Å². The van der Waals surface area contributed by atoms with Crippen molar-refractivity contribution < 1.29 is 39.2 Å². The van der Waals surface area contributed by atoms with Crippen LogP contribution >= 0.6 is 0 Å². The maximum absolute atomic E-state index is 12.9. The first-order valence-electron chi connectivity index (χ1n) is 14.2. The third kappa shape index (κ3) is 19.7. The fourth-order valence-corrected chi connectivity index (χ4v) is 3.80. The van der Waals surface area contributed by atoms with Crippen LogP contribution in [0.4, 0.5) is 0 Å². The summed E-state index contributed by atoms with van der Waals surface area (Å²) in [5.74, 6) is -1.00. The summed E-state index contributed by atoms with van der Waals surface area (Å²) in [7, 11) is 5.30. The quantitative estimate of drug-likeness (QED) is 0.0391. The molecule has 0 bridgehead atoms. The van der Waals surface area contributed by atoms with E-state index >= 15 is 0 Å². The van der Waals surface area contributed by atoms with E-state index < -0.39 is 36.4 Å². The molecule has 0 radical (unpaired) electrons. The Balaban J connectivity index is 4.33. The lowest BCUT2D eigenvalue weighted by molar-refractivity contribution is -0.137. The third-order valence-corrected chi connectivity index (χ3v) is 6.07. The molecule has 0 aromatic rings. The van der Waals surface area contributed by atoms with E-state index in [9.17, 15) is 29.7 Å². The number of rotatable bonds is 25. The van der Waals surface area contributed by atoms with E-state index in [4.69, 9.17) is 9.47 Å². The highest BCUT2D eigenvalue weighted by molar-refractivity contribution is 5.89. The first-order chi connectivity index (χ1) is 19.4. The van der Waals surface area contributed by atoms with Crippen molar-refractivity contribution in [1.29, 1.82) is 0 Å². The van der Waals surface area contributed by atoms with Crippen molar-refractivity contribution in [3.8, 4) is 0 Å². The van der Waals surface area contributed by atoms with Crippen molar-refractivity contribution in [2.24, 2.45) is 5.92 Å². The van der Waals surface area contributed by atoms with Gasteiger partial charge in [0.2, 0.25) is 17.7 Å². The van der Waals surface area contributed by atoms with Gasteiger partial charge in [-0.05, 0) is 40.4 Å². The van der Waals surface area contributed by atoms with Crippen molar-refractivity contribution in [2.45, 2.75) is 58.2 Å². The maximum atomic E-state index is 12.9. The molecule has 0 spiro atoms. The van der Waals surface area contributed by atoms with Crippen LogP contribution in [0.15, 0.2) is 0 Å². The Kier molecular flexibility index (Phi) is 22.5. The molecule has 0 saturated carbocycles. The van der Waals surface area contributed by atoms with Crippen LogP contribution < -0.4 is 26.6 Å². The zero-order chi connectivity index (χ0) is 31.2. The molecule has 0 aromatic heterocycles. The number of amides is 3. The molecule has 0 rings (SSSR count). The number of likely N-dealkylation sites (N-methyl/N-ethyl adjacent to an activating group) is 2. The fourth-order valence-electron chi connectivity index (χ4n) is 3.80. The summed E-state index contributed by atoms with van der Waals surface area (Å²) in [6.45, 7) is 9.48. The first-order valence-corrected chi connectivity index (χ1v) is 14.2. The number of hydrogen-bond donors (Lipinski definition) is 8. The van der Waals surface area contributed by atoms with E-state index in [1.807, 2.05) is 32.8 Å². The minimum Gasteiger partial charge on any atom is -0.379 e. The smallest absolute Gasteiger partial charge is 0.242 e. The summed E-state index contributed by atoms with van der Waals surface area (Å²) in [5, 5.41) is 42.9. The van der Waals surface area contributed by atoms with Gasteiger partial charge < -0.3 is 51.4 Å². The number of aliphatic hydroxyl groups is 3. The highest BCUT2D eigenvalue weighted by Gasteiger charge is 2.31. The van der Waals surface area contributed by atoms with Crippen LogP contribution in [0.2, 0.25) is 0 Å². The molecule has 0 aromatic carbocycles. The van der Waals surface area contributed by atoms with Crippen LogP contribution in [0.3, 0.4) is 0 Å². The summed E-state index contributed by atoms with van der Waals surface area (Å²) in [4.78, 5) is 41.1. The van der Waals surface area contributed by atoms with Gasteiger partial charge in [0.05, 0.1) is 39.0 Å². The minimum atomic E-state index is -1.80. The SMILES string of the molecule is CNCCN(CNC)CC(=O)NCCOCCOCCNC(=O)[C@H](CC(O)O)NC(=O)[C@H](CC(C)C)N(C)[C@@H](C)O. The average molecular weight is 594 g/mol. The average Bonchev–Trinajstić information content (AvgIpc) is 2.90. The van der Waals surface area contributed by atoms with Gasteiger partial charge in [-0.3, -0.25) is 24.2 Å². The molecule has 8 N–H and O–H groups in total. The van der Waals surface area contributed by atoms with E-state index in [0.29, 0.717) is 32.8 Å². The molecule has 0 aliphatic rings. The fraction of sp³-hybridized carbons (Fsp3) is 0.885. The Morgan fingerprint density at radius 1 is 0.805 bits per heavy atom. The van der Waals surface area contributed by atoms with E-state index in [2.05, 4.69) is 26.6 Å². The van der Waals surface area contributed by atoms with Crippen LogP contribution in [-0.2, 0) is 23.9 Å². The molecule has 0 saturated heterocycles. The van der Waals surface area contributed by atoms with Gasteiger partial charge in [-0.1, -0.05) is 13.8 Å². The van der Waals surface area contributed by atoms with Gasteiger partial charge in [0.25, 0.3) is 0 Å². The van der Waals surface area contributed by atoms with Crippen molar-refractivity contribution in [3.05, 3.63) is 0 Å². The Morgan fingerprint density at radius 3 is 1.93 bits per heavy atom. The molecule has 242 valence electrons. The molecule has 3 atom stereocenters. The van der Waals surface area contributed by atoms with Gasteiger partial charge in [-0.25, -0.2) is 0 Å². The normalized spacial score (nSPS) is 14.0. The topological polar surface area (TPSA) is 197 Å². The van der Waals surface area contributed by atoms with Crippen LogP contribution in [-0.4, -0.2) is 154 Å². The van der Waals surface area contributed by atoms with Gasteiger partial charge in [0.1, 0.15) is 12.3 Å². The van der Waals surface area contributed by atoms with E-state index in [0.717, 1.165) is 13.1 Å². The van der Waals surface area contributed by atoms with Crippen LogP contribution in [0, 0.1) is 5.92 Å². The maximum Gasteiger partial charge on any atom is 0.242 e. The molecule has 3 amide bonds. The summed E-state index contributed by atoms with van der Waals surface area (Å²) in [6, 6.07) is -1.87. The van der Waals surface area contributed by atoms with Crippen molar-refractivity contribution in [3.63, 3.8) is 0 Å². The van der Waals surface area contributed by atoms with Gasteiger partial charge in [-0.15, -0.1) is 0 Å². The number of ether oxygens (including phenoxy) is 2. The predicted octanol–water partition coefficient (Wildman–Crippen LogP) is -3.18. The highest BCUT2D eigenvalue weighted by atomic mass is 16.5. The molecule has 15 heteroatoms. The summed E-state index contributed by atoms with van der Waals surface area (Å²) < 4.78 is 10.9. The van der Waals surface area contributed by atoms with E-state index in [-0.39, 0.29) is 44.5 Å². The van der Waals surface area contributed by atoms with Gasteiger partial charge in [0.15, 0.2) is 6.29 Å². The molecular formula is C26H55N7O8. The number of aliphatic hydroxyl groups excluding tert-OH is 2. The number of hydrogen-bond acceptors (Lipinski definition) is 12. The third-order valence-electron chi connectivity index (χ3n) is 6.07. The summed E-state index contributed by atoms with van der Waals surface area (Å²) in [6.07, 6.45) is -2.63. The standard InChI is InChI=1S/C26H55N7O8/c1-19(2)15-22(32(6)20(3)34)26(39)31-21(16-24(36)37)25(38)30-9-12-41-14-13-40-11-8-29-23(35)17-33(18-28-5)10-7-27-4/h19-22,24,27-28,34,36-37H,7-18H2,1-6H3,(H,29,35)(H,30,38)(H,31,39)/t20-,21+,22+/m1/s1. The first kappa shape index (κ1) is 39.0. The summed E-state index contributed by atoms with van der Waals surface area (Å²) >= 11 is 0. The Morgan fingerprint density at radius 2 is 1.41 bits per heavy atom. The summed E-state index contributed by atoms with van der Waals surface area (Å²) in [5.41, 5.74) is 0. The second-order valence-corrected chi connectivity index (χ2v) is 10.3. The molecule has 41 heavy (non-hydrogen) atoms. The van der Waals surface area contributed by atoms with E-state index in [1.165, 1.54) is 4.90 Å². The van der Waals surface area contributed by atoms with Crippen molar-refractivity contribution in [2.75, 3.05) is 87.0 Å². The predicted molar refractivity (Wildman–Crippen MR) is 155 cm³/mol. The lowest BCUT2D eigenvalue weighted by atomic mass is 10.0. The van der Waals surface area contributed by atoms with Crippen LogP contribution in [0.1, 0.15) is 33.6 Å². The second-order valence-electron chi connectivity index (χ2n) is 10.3. The Labute approximate surface area is 244 Å². The van der Waals surface area contributed by atoms with Crippen molar-refractivity contribution >= 4 is 17.7 Å². The second kappa shape index (κ2) is 23.6. The molecule has 15 nitrogen and oxygen atoms in total.